The zero-order chi connectivity index (χ0) is 23.5. The third kappa shape index (κ3) is 5.50. The number of benzene rings is 2. The number of hydrogen-bond acceptors (Lipinski definition) is 5. The fourth-order valence-corrected chi connectivity index (χ4v) is 4.44. The zero-order valence-corrected chi connectivity index (χ0v) is 20.0. The molecule has 3 unspecified atom stereocenters. The number of carbonyl (C=O) groups excluding carboxylic acids is 2. The average Bonchev–Trinajstić information content (AvgIpc) is 2.74. The van der Waals surface area contributed by atoms with Gasteiger partial charge in [0.25, 0.3) is 0 Å². The quantitative estimate of drug-likeness (QED) is 0.636. The molecule has 0 saturated carbocycles. The molecule has 1 aliphatic rings. The number of amides is 2. The van der Waals surface area contributed by atoms with Crippen LogP contribution in [0.4, 0.5) is 5.69 Å². The first-order chi connectivity index (χ1) is 15.1. The molecule has 6 nitrogen and oxygen atoms in total. The molecule has 1 heterocycles. The number of anilines is 1. The number of hydrogen-bond donors (Lipinski definition) is 3. The van der Waals surface area contributed by atoms with Gasteiger partial charge in [-0.15, -0.1) is 11.8 Å². The van der Waals surface area contributed by atoms with Crippen LogP contribution in [0, 0.1) is 31.1 Å². The number of rotatable bonds is 5. The fraction of sp³-hybridized carbons (Fsp3) is 0.400. The van der Waals surface area contributed by atoms with Crippen LogP contribution in [0.1, 0.15) is 49.1 Å². The summed E-state index contributed by atoms with van der Waals surface area (Å²) in [5.41, 5.74) is 4.55. The normalized spacial score (nSPS) is 20.9. The molecule has 3 atom stereocenters. The van der Waals surface area contributed by atoms with Crippen LogP contribution in [0.5, 0.6) is 0 Å². The summed E-state index contributed by atoms with van der Waals surface area (Å²) in [6, 6.07) is 15.5. The molecule has 7 heteroatoms. The Morgan fingerprint density at radius 2 is 1.84 bits per heavy atom. The van der Waals surface area contributed by atoms with Gasteiger partial charge in [-0.25, -0.2) is 0 Å². The second kappa shape index (κ2) is 9.76. The van der Waals surface area contributed by atoms with Crippen LogP contribution in [0.25, 0.3) is 0 Å². The topological polar surface area (TPSA) is 94.0 Å². The monoisotopic (exact) mass is 450 g/mol. The third-order valence-electron chi connectivity index (χ3n) is 5.75. The molecule has 3 N–H and O–H groups in total. The summed E-state index contributed by atoms with van der Waals surface area (Å²) in [4.78, 5) is 25.1. The van der Waals surface area contributed by atoms with Crippen LogP contribution in [-0.2, 0) is 15.0 Å². The van der Waals surface area contributed by atoms with Crippen LogP contribution in [0.2, 0.25) is 0 Å². The summed E-state index contributed by atoms with van der Waals surface area (Å²) in [5.74, 6) is -1.15. The molecule has 0 aliphatic carbocycles. The Kier molecular flexibility index (Phi) is 7.27. The highest BCUT2D eigenvalue weighted by Gasteiger charge is 2.37. The van der Waals surface area contributed by atoms with Gasteiger partial charge < -0.3 is 10.6 Å². The first-order valence-corrected chi connectivity index (χ1v) is 11.7. The van der Waals surface area contributed by atoms with E-state index in [1.165, 1.54) is 17.3 Å². The van der Waals surface area contributed by atoms with E-state index in [9.17, 15) is 14.9 Å². The van der Waals surface area contributed by atoms with E-state index < -0.39 is 17.5 Å². The summed E-state index contributed by atoms with van der Waals surface area (Å²) in [6.07, 6.45) is 0. The van der Waals surface area contributed by atoms with Crippen molar-refractivity contribution in [2.24, 2.45) is 5.92 Å². The van der Waals surface area contributed by atoms with Crippen molar-refractivity contribution >= 4 is 29.3 Å². The minimum atomic E-state index is -0.837. The smallest absolute Gasteiger partial charge is 0.241 e. The van der Waals surface area contributed by atoms with Crippen LogP contribution in [-0.4, -0.2) is 23.1 Å². The van der Waals surface area contributed by atoms with Gasteiger partial charge in [0, 0.05) is 5.69 Å². The predicted octanol–water partition coefficient (Wildman–Crippen LogP) is 4.16. The lowest BCUT2D eigenvalue weighted by Crippen LogP contribution is -2.56. The van der Waals surface area contributed by atoms with E-state index in [1.54, 1.807) is 0 Å². The van der Waals surface area contributed by atoms with Gasteiger partial charge >= 0.3 is 0 Å². The molecule has 0 spiro atoms. The molecule has 168 valence electrons. The Labute approximate surface area is 194 Å². The number of nitriles is 1. The van der Waals surface area contributed by atoms with Crippen LogP contribution in [0.3, 0.4) is 0 Å². The third-order valence-corrected chi connectivity index (χ3v) is 6.77. The van der Waals surface area contributed by atoms with Crippen molar-refractivity contribution in [2.75, 3.05) is 11.1 Å². The standard InChI is InChI=1S/C25H30N4O2S/c1-15-7-6-8-20(16(15)2)27-21(30)14-32-24-28-22(19(13-26)23(31)29-24)17-9-11-18(12-10-17)25(3,4)5/h6-12,19,22,24,28H,14H2,1-5H3,(H,27,30)(H,29,31). The molecule has 0 radical (unpaired) electrons. The molecule has 0 bridgehead atoms. The van der Waals surface area contributed by atoms with Gasteiger partial charge in [0.05, 0.1) is 17.9 Å². The second-order valence-electron chi connectivity index (χ2n) is 9.12. The van der Waals surface area contributed by atoms with Gasteiger partial charge in [0.1, 0.15) is 11.4 Å². The number of thioether (sulfide) groups is 1. The van der Waals surface area contributed by atoms with Crippen molar-refractivity contribution in [1.82, 2.24) is 10.6 Å². The van der Waals surface area contributed by atoms with Crippen molar-refractivity contribution < 1.29 is 9.59 Å². The molecule has 2 amide bonds. The van der Waals surface area contributed by atoms with Crippen LogP contribution < -0.4 is 16.0 Å². The molecular formula is C25H30N4O2S. The number of carbonyl (C=O) groups is 2. The van der Waals surface area contributed by atoms with Gasteiger partial charge in [-0.2, -0.15) is 5.26 Å². The van der Waals surface area contributed by atoms with Crippen molar-refractivity contribution in [1.29, 1.82) is 5.26 Å². The van der Waals surface area contributed by atoms with Gasteiger partial charge in [-0.1, -0.05) is 57.2 Å². The summed E-state index contributed by atoms with van der Waals surface area (Å²) >= 11 is 1.29. The number of nitrogens with zero attached hydrogens (tertiary/aromatic N) is 1. The van der Waals surface area contributed by atoms with Gasteiger partial charge in [-0.3, -0.25) is 14.9 Å². The molecule has 1 aliphatic heterocycles. The lowest BCUT2D eigenvalue weighted by molar-refractivity contribution is -0.126. The van der Waals surface area contributed by atoms with Crippen LogP contribution in [0.15, 0.2) is 42.5 Å². The maximum absolute atomic E-state index is 12.6. The summed E-state index contributed by atoms with van der Waals surface area (Å²) in [5, 5.41) is 18.6. The summed E-state index contributed by atoms with van der Waals surface area (Å²) in [7, 11) is 0. The zero-order valence-electron chi connectivity index (χ0n) is 19.2. The number of aryl methyl sites for hydroxylation is 1. The van der Waals surface area contributed by atoms with Crippen molar-refractivity contribution in [2.45, 2.75) is 51.6 Å². The minimum Gasteiger partial charge on any atom is -0.331 e. The molecular weight excluding hydrogens is 420 g/mol. The van der Waals surface area contributed by atoms with E-state index in [1.807, 2.05) is 56.3 Å². The van der Waals surface area contributed by atoms with E-state index in [4.69, 9.17) is 0 Å². The van der Waals surface area contributed by atoms with Crippen molar-refractivity contribution in [3.63, 3.8) is 0 Å². The molecule has 1 saturated heterocycles. The molecule has 2 aromatic carbocycles. The SMILES string of the molecule is Cc1cccc(NC(=O)CSC2NC(=O)C(C#N)C(c3ccc(C(C)(C)C)cc3)N2)c1C. The molecule has 32 heavy (non-hydrogen) atoms. The molecule has 3 rings (SSSR count). The first kappa shape index (κ1) is 23.8. The maximum atomic E-state index is 12.6. The van der Waals surface area contributed by atoms with E-state index in [2.05, 4.69) is 42.8 Å². The van der Waals surface area contributed by atoms with E-state index in [0.717, 1.165) is 22.4 Å². The summed E-state index contributed by atoms with van der Waals surface area (Å²) < 4.78 is 0. The first-order valence-electron chi connectivity index (χ1n) is 10.6. The lowest BCUT2D eigenvalue weighted by atomic mass is 9.85. The van der Waals surface area contributed by atoms with Crippen LogP contribution >= 0.6 is 11.8 Å². The lowest BCUT2D eigenvalue weighted by Gasteiger charge is -2.34. The van der Waals surface area contributed by atoms with E-state index in [-0.39, 0.29) is 23.0 Å². The molecule has 2 aromatic rings. The van der Waals surface area contributed by atoms with Crippen molar-refractivity contribution in [3.05, 3.63) is 64.7 Å². The van der Waals surface area contributed by atoms with Crippen molar-refractivity contribution in [3.8, 4) is 6.07 Å². The second-order valence-corrected chi connectivity index (χ2v) is 10.2. The fourth-order valence-electron chi connectivity index (χ4n) is 3.61. The van der Waals surface area contributed by atoms with E-state index >= 15 is 0 Å². The highest BCUT2D eigenvalue weighted by Crippen LogP contribution is 2.30. The van der Waals surface area contributed by atoms with E-state index in [0.29, 0.717) is 0 Å². The average molecular weight is 451 g/mol. The highest BCUT2D eigenvalue weighted by atomic mass is 32.2. The Hall–Kier alpha value is -2.82. The summed E-state index contributed by atoms with van der Waals surface area (Å²) in [6.45, 7) is 10.4. The Bertz CT molecular complexity index is 1040. The number of nitrogens with one attached hydrogen (secondary N) is 3. The predicted molar refractivity (Wildman–Crippen MR) is 129 cm³/mol. The molecule has 1 fully saturated rings. The van der Waals surface area contributed by atoms with Gasteiger partial charge in [-0.05, 0) is 47.6 Å². The van der Waals surface area contributed by atoms with Gasteiger partial charge in [0.15, 0.2) is 0 Å². The maximum Gasteiger partial charge on any atom is 0.241 e. The highest BCUT2D eigenvalue weighted by molar-refractivity contribution is 8.00. The Morgan fingerprint density at radius 1 is 1.16 bits per heavy atom. The largest absolute Gasteiger partial charge is 0.331 e. The Balaban J connectivity index is 1.67. The minimum absolute atomic E-state index is 0.0198. The Morgan fingerprint density at radius 3 is 2.47 bits per heavy atom. The molecule has 0 aromatic heterocycles. The van der Waals surface area contributed by atoms with Gasteiger partial charge in [0.2, 0.25) is 11.8 Å².